The standard InChI is InChI=1S/C13H16ClN5O/c14-12-7-10(15)1-2-11(12)13-16-17-18-19(13)5-3-9-4-6-20-8-9/h1-2,7,9H,3-6,8,15H2. The van der Waals surface area contributed by atoms with Crippen molar-refractivity contribution in [3.05, 3.63) is 23.2 Å². The molecule has 0 bridgehead atoms. The van der Waals surface area contributed by atoms with Crippen LogP contribution in [-0.4, -0.2) is 33.4 Å². The van der Waals surface area contributed by atoms with E-state index >= 15 is 0 Å². The van der Waals surface area contributed by atoms with Gasteiger partial charge in [-0.3, -0.25) is 0 Å². The summed E-state index contributed by atoms with van der Waals surface area (Å²) in [5, 5.41) is 12.4. The summed E-state index contributed by atoms with van der Waals surface area (Å²) in [4.78, 5) is 0. The molecule has 0 aliphatic carbocycles. The summed E-state index contributed by atoms with van der Waals surface area (Å²) < 4.78 is 7.17. The van der Waals surface area contributed by atoms with Crippen LogP contribution < -0.4 is 5.73 Å². The molecule has 1 atom stereocenters. The molecule has 1 fully saturated rings. The van der Waals surface area contributed by atoms with Gasteiger partial charge >= 0.3 is 0 Å². The number of nitrogens with zero attached hydrogens (tertiary/aromatic N) is 4. The molecule has 0 saturated carbocycles. The Kier molecular flexibility index (Phi) is 3.84. The minimum absolute atomic E-state index is 0.560. The summed E-state index contributed by atoms with van der Waals surface area (Å²) in [6.45, 7) is 2.45. The van der Waals surface area contributed by atoms with Crippen molar-refractivity contribution in [3.63, 3.8) is 0 Å². The summed E-state index contributed by atoms with van der Waals surface area (Å²) in [6, 6.07) is 5.35. The van der Waals surface area contributed by atoms with Gasteiger partial charge < -0.3 is 10.5 Å². The monoisotopic (exact) mass is 293 g/mol. The maximum absolute atomic E-state index is 6.21. The van der Waals surface area contributed by atoms with Gasteiger partial charge in [0, 0.05) is 31.0 Å². The lowest BCUT2D eigenvalue weighted by molar-refractivity contribution is 0.183. The number of hydrogen-bond acceptors (Lipinski definition) is 5. The number of halogens is 1. The fourth-order valence-corrected chi connectivity index (χ4v) is 2.65. The van der Waals surface area contributed by atoms with E-state index in [-0.39, 0.29) is 0 Å². The maximum Gasteiger partial charge on any atom is 0.183 e. The number of tetrazole rings is 1. The molecule has 1 unspecified atom stereocenters. The molecule has 2 N–H and O–H groups in total. The minimum atomic E-state index is 0.560. The van der Waals surface area contributed by atoms with Gasteiger partial charge in [-0.1, -0.05) is 11.6 Å². The summed E-state index contributed by atoms with van der Waals surface area (Å²) >= 11 is 6.21. The molecule has 1 aromatic carbocycles. The first kappa shape index (κ1) is 13.3. The topological polar surface area (TPSA) is 78.9 Å². The molecule has 20 heavy (non-hydrogen) atoms. The van der Waals surface area contributed by atoms with Gasteiger partial charge in [0.05, 0.1) is 5.02 Å². The van der Waals surface area contributed by atoms with Crippen LogP contribution in [-0.2, 0) is 11.3 Å². The van der Waals surface area contributed by atoms with E-state index in [2.05, 4.69) is 15.5 Å². The van der Waals surface area contributed by atoms with E-state index in [0.717, 1.165) is 38.2 Å². The summed E-state index contributed by atoms with van der Waals surface area (Å²) in [5.74, 6) is 1.27. The van der Waals surface area contributed by atoms with E-state index < -0.39 is 0 Å². The molecule has 2 aromatic rings. The average Bonchev–Trinajstić information content (AvgIpc) is 3.07. The van der Waals surface area contributed by atoms with Crippen molar-refractivity contribution < 1.29 is 4.74 Å². The predicted molar refractivity (Wildman–Crippen MR) is 76.2 cm³/mol. The number of hydrogen-bond donors (Lipinski definition) is 1. The van der Waals surface area contributed by atoms with Crippen molar-refractivity contribution >= 4 is 17.3 Å². The van der Waals surface area contributed by atoms with Crippen LogP contribution in [0, 0.1) is 5.92 Å². The number of nitrogen functional groups attached to an aromatic ring is 1. The second-order valence-electron chi connectivity index (χ2n) is 4.98. The molecule has 1 aliphatic rings. The Morgan fingerprint density at radius 2 is 2.35 bits per heavy atom. The summed E-state index contributed by atoms with van der Waals surface area (Å²) in [5.41, 5.74) is 7.13. The third-order valence-corrected chi connectivity index (χ3v) is 3.85. The summed E-state index contributed by atoms with van der Waals surface area (Å²) in [6.07, 6.45) is 2.12. The first-order valence-electron chi connectivity index (χ1n) is 6.63. The van der Waals surface area contributed by atoms with Crippen LogP contribution in [0.15, 0.2) is 18.2 Å². The second-order valence-corrected chi connectivity index (χ2v) is 5.39. The van der Waals surface area contributed by atoms with E-state index in [1.165, 1.54) is 0 Å². The molecule has 1 aromatic heterocycles. The van der Waals surface area contributed by atoms with Gasteiger partial charge in [0.15, 0.2) is 5.82 Å². The lowest BCUT2D eigenvalue weighted by Crippen LogP contribution is -2.09. The molecule has 7 heteroatoms. The molecule has 1 aliphatic heterocycles. The highest BCUT2D eigenvalue weighted by Gasteiger charge is 2.18. The minimum Gasteiger partial charge on any atom is -0.399 e. The number of aryl methyl sites for hydroxylation is 1. The number of nitrogens with two attached hydrogens (primary N) is 1. The molecule has 0 radical (unpaired) electrons. The average molecular weight is 294 g/mol. The Labute approximate surface area is 121 Å². The highest BCUT2D eigenvalue weighted by Crippen LogP contribution is 2.28. The Hall–Kier alpha value is -1.66. The van der Waals surface area contributed by atoms with Crippen molar-refractivity contribution in [1.82, 2.24) is 20.2 Å². The lowest BCUT2D eigenvalue weighted by atomic mass is 10.1. The van der Waals surface area contributed by atoms with E-state index in [9.17, 15) is 0 Å². The van der Waals surface area contributed by atoms with Gasteiger partial charge in [0.1, 0.15) is 0 Å². The smallest absolute Gasteiger partial charge is 0.183 e. The molecule has 3 rings (SSSR count). The third-order valence-electron chi connectivity index (χ3n) is 3.54. The number of rotatable bonds is 4. The van der Waals surface area contributed by atoms with Crippen LogP contribution in [0.4, 0.5) is 5.69 Å². The first-order chi connectivity index (χ1) is 9.74. The molecule has 106 valence electrons. The molecule has 0 amide bonds. The van der Waals surface area contributed by atoms with E-state index in [1.54, 1.807) is 16.8 Å². The Morgan fingerprint density at radius 3 is 3.10 bits per heavy atom. The van der Waals surface area contributed by atoms with E-state index in [1.807, 2.05) is 6.07 Å². The number of anilines is 1. The largest absolute Gasteiger partial charge is 0.399 e. The Bertz CT molecular complexity index is 594. The van der Waals surface area contributed by atoms with Crippen molar-refractivity contribution in [3.8, 4) is 11.4 Å². The van der Waals surface area contributed by atoms with Crippen LogP contribution in [0.5, 0.6) is 0 Å². The van der Waals surface area contributed by atoms with Crippen molar-refractivity contribution in [2.45, 2.75) is 19.4 Å². The molecular formula is C13H16ClN5O. The quantitative estimate of drug-likeness (QED) is 0.872. The molecule has 1 saturated heterocycles. The van der Waals surface area contributed by atoms with Crippen LogP contribution >= 0.6 is 11.6 Å². The number of ether oxygens (including phenoxy) is 1. The normalized spacial score (nSPS) is 18.6. The molecule has 2 heterocycles. The van der Waals surface area contributed by atoms with Crippen molar-refractivity contribution in [1.29, 1.82) is 0 Å². The number of aromatic nitrogens is 4. The van der Waals surface area contributed by atoms with Gasteiger partial charge in [0.25, 0.3) is 0 Å². The second kappa shape index (κ2) is 5.76. The van der Waals surface area contributed by atoms with Gasteiger partial charge in [-0.05, 0) is 47.4 Å². The fraction of sp³-hybridized carbons (Fsp3) is 0.462. The van der Waals surface area contributed by atoms with Crippen LogP contribution in [0.3, 0.4) is 0 Å². The highest BCUT2D eigenvalue weighted by molar-refractivity contribution is 6.33. The SMILES string of the molecule is Nc1ccc(-c2nnnn2CCC2CCOC2)c(Cl)c1. The molecule has 0 spiro atoms. The first-order valence-corrected chi connectivity index (χ1v) is 7.01. The zero-order valence-corrected chi connectivity index (χ0v) is 11.8. The zero-order valence-electron chi connectivity index (χ0n) is 11.0. The van der Waals surface area contributed by atoms with Gasteiger partial charge in [-0.15, -0.1) is 5.10 Å². The van der Waals surface area contributed by atoms with Gasteiger partial charge in [-0.25, -0.2) is 4.68 Å². The molecule has 6 nitrogen and oxygen atoms in total. The number of benzene rings is 1. The van der Waals surface area contributed by atoms with Crippen molar-refractivity contribution in [2.24, 2.45) is 5.92 Å². The van der Waals surface area contributed by atoms with E-state index in [0.29, 0.717) is 22.5 Å². The van der Waals surface area contributed by atoms with Crippen LogP contribution in [0.1, 0.15) is 12.8 Å². The van der Waals surface area contributed by atoms with Gasteiger partial charge in [-0.2, -0.15) is 0 Å². The van der Waals surface area contributed by atoms with E-state index in [4.69, 9.17) is 22.1 Å². The van der Waals surface area contributed by atoms with Gasteiger partial charge in [0.2, 0.25) is 0 Å². The fourth-order valence-electron chi connectivity index (χ4n) is 2.38. The molecular weight excluding hydrogens is 278 g/mol. The highest BCUT2D eigenvalue weighted by atomic mass is 35.5. The van der Waals surface area contributed by atoms with Crippen LogP contribution in [0.2, 0.25) is 5.02 Å². The summed E-state index contributed by atoms with van der Waals surface area (Å²) in [7, 11) is 0. The van der Waals surface area contributed by atoms with Crippen molar-refractivity contribution in [2.75, 3.05) is 18.9 Å². The van der Waals surface area contributed by atoms with Crippen LogP contribution in [0.25, 0.3) is 11.4 Å². The third kappa shape index (κ3) is 2.76. The maximum atomic E-state index is 6.21. The predicted octanol–water partition coefficient (Wildman–Crippen LogP) is 2.00. The lowest BCUT2D eigenvalue weighted by Gasteiger charge is -2.09. The Balaban J connectivity index is 1.78. The Morgan fingerprint density at radius 1 is 1.45 bits per heavy atom. The zero-order chi connectivity index (χ0) is 13.9.